The summed E-state index contributed by atoms with van der Waals surface area (Å²) in [6.07, 6.45) is 2.03. The molecule has 0 spiro atoms. The van der Waals surface area contributed by atoms with Crippen LogP contribution in [0.1, 0.15) is 34.9 Å². The lowest BCUT2D eigenvalue weighted by atomic mass is 10.0. The number of anilines is 2. The first-order valence-corrected chi connectivity index (χ1v) is 9.88. The third-order valence-electron chi connectivity index (χ3n) is 5.26. The number of hydrogen-bond acceptors (Lipinski definition) is 6. The van der Waals surface area contributed by atoms with Crippen LogP contribution in [-0.2, 0) is 0 Å². The molecule has 1 aliphatic heterocycles. The Morgan fingerprint density at radius 1 is 1.03 bits per heavy atom. The van der Waals surface area contributed by atoms with E-state index in [1.807, 2.05) is 54.6 Å². The summed E-state index contributed by atoms with van der Waals surface area (Å²) >= 11 is 0. The van der Waals surface area contributed by atoms with Crippen molar-refractivity contribution in [3.8, 4) is 11.5 Å². The van der Waals surface area contributed by atoms with Gasteiger partial charge in [-0.2, -0.15) is 0 Å². The van der Waals surface area contributed by atoms with Crippen molar-refractivity contribution >= 4 is 17.4 Å². The maximum atomic E-state index is 12.4. The average molecular weight is 404 g/mol. The number of ether oxygens (including phenoxy) is 2. The number of nitrogens with one attached hydrogen (secondary N) is 1. The van der Waals surface area contributed by atoms with Crippen LogP contribution in [0.25, 0.3) is 0 Å². The van der Waals surface area contributed by atoms with Crippen molar-refractivity contribution in [1.29, 1.82) is 0 Å². The lowest BCUT2D eigenvalue weighted by molar-refractivity contribution is 0.102. The van der Waals surface area contributed by atoms with Crippen LogP contribution in [0.5, 0.6) is 11.5 Å². The van der Waals surface area contributed by atoms with Crippen LogP contribution in [0.15, 0.2) is 60.7 Å². The fourth-order valence-electron chi connectivity index (χ4n) is 3.77. The smallest absolute Gasteiger partial charge is 0.276 e. The first kappa shape index (κ1) is 19.7. The summed E-state index contributed by atoms with van der Waals surface area (Å²) in [5, 5.41) is 11.3. The van der Waals surface area contributed by atoms with Gasteiger partial charge < -0.3 is 19.7 Å². The molecule has 1 aliphatic rings. The summed E-state index contributed by atoms with van der Waals surface area (Å²) in [4.78, 5) is 14.6. The van der Waals surface area contributed by atoms with Gasteiger partial charge in [-0.05, 0) is 49.2 Å². The molecule has 1 atom stereocenters. The van der Waals surface area contributed by atoms with Gasteiger partial charge in [0.05, 0.1) is 20.3 Å². The SMILES string of the molecule is COc1ccc(C2CCCN2c2ccc(C(=O)Nc3ccccc3)nn2)c(OC)c1. The minimum Gasteiger partial charge on any atom is -0.497 e. The van der Waals surface area contributed by atoms with E-state index in [0.29, 0.717) is 0 Å². The highest BCUT2D eigenvalue weighted by molar-refractivity contribution is 6.02. The van der Waals surface area contributed by atoms with Crippen LogP contribution < -0.4 is 19.7 Å². The molecular weight excluding hydrogens is 380 g/mol. The van der Waals surface area contributed by atoms with Gasteiger partial charge in [-0.15, -0.1) is 10.2 Å². The molecule has 2 aromatic carbocycles. The van der Waals surface area contributed by atoms with Crippen LogP contribution in [-0.4, -0.2) is 36.9 Å². The number of carbonyl (C=O) groups excluding carboxylic acids is 1. The van der Waals surface area contributed by atoms with Gasteiger partial charge in [0.2, 0.25) is 0 Å². The van der Waals surface area contributed by atoms with Gasteiger partial charge in [-0.1, -0.05) is 18.2 Å². The summed E-state index contributed by atoms with van der Waals surface area (Å²) in [7, 11) is 3.30. The van der Waals surface area contributed by atoms with Gasteiger partial charge in [0.15, 0.2) is 11.5 Å². The van der Waals surface area contributed by atoms with Gasteiger partial charge in [-0.25, -0.2) is 0 Å². The van der Waals surface area contributed by atoms with Gasteiger partial charge in [0.25, 0.3) is 5.91 Å². The highest BCUT2D eigenvalue weighted by Crippen LogP contribution is 2.40. The predicted molar refractivity (Wildman–Crippen MR) is 115 cm³/mol. The van der Waals surface area contributed by atoms with Gasteiger partial charge in [-0.3, -0.25) is 4.79 Å². The first-order chi connectivity index (χ1) is 14.7. The molecule has 2 heterocycles. The Hall–Kier alpha value is -3.61. The van der Waals surface area contributed by atoms with Crippen LogP contribution in [0, 0.1) is 0 Å². The van der Waals surface area contributed by atoms with Crippen LogP contribution in [0.2, 0.25) is 0 Å². The molecule has 3 aromatic rings. The van der Waals surface area contributed by atoms with E-state index in [4.69, 9.17) is 9.47 Å². The Bertz CT molecular complexity index is 1010. The van der Waals surface area contributed by atoms with Crippen molar-refractivity contribution in [3.05, 3.63) is 71.9 Å². The van der Waals surface area contributed by atoms with Crippen LogP contribution in [0.4, 0.5) is 11.5 Å². The standard InChI is InChI=1S/C23H24N4O3/c1-29-17-10-11-18(21(15-17)30-2)20-9-6-14-27(20)22-13-12-19(25-26-22)23(28)24-16-7-4-3-5-8-16/h3-5,7-8,10-13,15,20H,6,9,14H2,1-2H3,(H,24,28). The minimum absolute atomic E-state index is 0.129. The Morgan fingerprint density at radius 3 is 2.57 bits per heavy atom. The summed E-state index contributed by atoms with van der Waals surface area (Å²) < 4.78 is 10.9. The molecular formula is C23H24N4O3. The van der Waals surface area contributed by atoms with E-state index in [-0.39, 0.29) is 17.6 Å². The minimum atomic E-state index is -0.282. The van der Waals surface area contributed by atoms with E-state index < -0.39 is 0 Å². The second-order valence-corrected chi connectivity index (χ2v) is 7.06. The largest absolute Gasteiger partial charge is 0.497 e. The van der Waals surface area contributed by atoms with E-state index in [1.54, 1.807) is 20.3 Å². The molecule has 1 unspecified atom stereocenters. The van der Waals surface area contributed by atoms with Crippen molar-refractivity contribution in [2.45, 2.75) is 18.9 Å². The molecule has 0 aliphatic carbocycles. The molecule has 1 aromatic heterocycles. The molecule has 4 rings (SSSR count). The fourth-order valence-corrected chi connectivity index (χ4v) is 3.77. The fraction of sp³-hybridized carbons (Fsp3) is 0.261. The zero-order valence-corrected chi connectivity index (χ0v) is 17.0. The predicted octanol–water partition coefficient (Wildman–Crippen LogP) is 4.09. The number of para-hydroxylation sites is 1. The normalized spacial score (nSPS) is 15.7. The second-order valence-electron chi connectivity index (χ2n) is 7.06. The van der Waals surface area contributed by atoms with Gasteiger partial charge in [0, 0.05) is 23.9 Å². The van der Waals surface area contributed by atoms with Crippen molar-refractivity contribution in [2.75, 3.05) is 31.0 Å². The molecule has 1 N–H and O–H groups in total. The Morgan fingerprint density at radius 2 is 1.87 bits per heavy atom. The summed E-state index contributed by atoms with van der Waals surface area (Å²) in [6, 6.07) is 18.9. The molecule has 1 saturated heterocycles. The lowest BCUT2D eigenvalue weighted by Crippen LogP contribution is -2.25. The molecule has 1 amide bonds. The van der Waals surface area contributed by atoms with Crippen molar-refractivity contribution < 1.29 is 14.3 Å². The molecule has 154 valence electrons. The van der Waals surface area contributed by atoms with Crippen molar-refractivity contribution in [3.63, 3.8) is 0 Å². The topological polar surface area (TPSA) is 76.6 Å². The highest BCUT2D eigenvalue weighted by Gasteiger charge is 2.30. The van der Waals surface area contributed by atoms with Crippen molar-refractivity contribution in [1.82, 2.24) is 10.2 Å². The second kappa shape index (κ2) is 8.82. The van der Waals surface area contributed by atoms with Gasteiger partial charge >= 0.3 is 0 Å². The number of methoxy groups -OCH3 is 2. The zero-order chi connectivity index (χ0) is 20.9. The van der Waals surface area contributed by atoms with E-state index in [9.17, 15) is 4.79 Å². The molecule has 7 heteroatoms. The number of aromatic nitrogens is 2. The van der Waals surface area contributed by atoms with Crippen LogP contribution in [0.3, 0.4) is 0 Å². The Kier molecular flexibility index (Phi) is 5.79. The molecule has 30 heavy (non-hydrogen) atoms. The number of amides is 1. The Labute approximate surface area is 175 Å². The third kappa shape index (κ3) is 4.05. The summed E-state index contributed by atoms with van der Waals surface area (Å²) in [5.41, 5.74) is 2.09. The quantitative estimate of drug-likeness (QED) is 0.667. The number of carbonyl (C=O) groups is 1. The maximum Gasteiger partial charge on any atom is 0.276 e. The molecule has 0 saturated carbocycles. The highest BCUT2D eigenvalue weighted by atomic mass is 16.5. The van der Waals surface area contributed by atoms with Crippen LogP contribution >= 0.6 is 0 Å². The monoisotopic (exact) mass is 404 g/mol. The summed E-state index contributed by atoms with van der Waals surface area (Å²) in [6.45, 7) is 0.865. The Balaban J connectivity index is 1.53. The third-order valence-corrected chi connectivity index (χ3v) is 5.26. The number of nitrogens with zero attached hydrogens (tertiary/aromatic N) is 3. The number of rotatable bonds is 6. The van der Waals surface area contributed by atoms with E-state index in [0.717, 1.165) is 48.0 Å². The molecule has 0 radical (unpaired) electrons. The summed E-state index contributed by atoms with van der Waals surface area (Å²) in [5.74, 6) is 2.01. The average Bonchev–Trinajstić information content (AvgIpc) is 3.29. The number of benzene rings is 2. The number of hydrogen-bond donors (Lipinski definition) is 1. The molecule has 1 fully saturated rings. The molecule has 7 nitrogen and oxygen atoms in total. The van der Waals surface area contributed by atoms with Gasteiger partial charge in [0.1, 0.15) is 11.5 Å². The van der Waals surface area contributed by atoms with E-state index >= 15 is 0 Å². The van der Waals surface area contributed by atoms with Crippen molar-refractivity contribution in [2.24, 2.45) is 0 Å². The molecule has 0 bridgehead atoms. The van der Waals surface area contributed by atoms with E-state index in [1.165, 1.54) is 0 Å². The lowest BCUT2D eigenvalue weighted by Gasteiger charge is -2.27. The first-order valence-electron chi connectivity index (χ1n) is 9.88. The zero-order valence-electron chi connectivity index (χ0n) is 17.0. The van der Waals surface area contributed by atoms with E-state index in [2.05, 4.69) is 20.4 Å². The maximum absolute atomic E-state index is 12.4.